The van der Waals surface area contributed by atoms with Gasteiger partial charge in [-0.25, -0.2) is 0 Å². The van der Waals surface area contributed by atoms with Gasteiger partial charge in [0.15, 0.2) is 3.57 Å². The number of hydrogen-bond donors (Lipinski definition) is 0. The van der Waals surface area contributed by atoms with Crippen molar-refractivity contribution >= 4 is 16.8 Å². The Bertz CT molecular complexity index is 812. The van der Waals surface area contributed by atoms with Crippen LogP contribution in [-0.2, 0) is 0 Å². The molecule has 112 valence electrons. The van der Waals surface area contributed by atoms with Crippen LogP contribution in [0.15, 0.2) is 60.8 Å². The maximum absolute atomic E-state index is 12.7. The first-order valence-corrected chi connectivity index (χ1v) is 9.47. The normalized spacial score (nSPS) is 11.8. The van der Waals surface area contributed by atoms with E-state index in [1.54, 1.807) is 0 Å². The fraction of sp³-hybridized carbons (Fsp3) is 0.211. The SMILES string of the molecule is CC(C)(C)C(=O)n1cc([I+]c2ccccc2)c2ccccc21. The number of aromatic nitrogens is 1. The number of rotatable bonds is 2. The lowest BCUT2D eigenvalue weighted by Crippen LogP contribution is -3.61. The molecule has 1 aromatic heterocycles. The number of para-hydroxylation sites is 1. The molecule has 0 fully saturated rings. The first-order chi connectivity index (χ1) is 10.5. The van der Waals surface area contributed by atoms with Crippen LogP contribution in [0, 0.1) is 12.6 Å². The minimum absolute atomic E-state index is 0.145. The van der Waals surface area contributed by atoms with Crippen molar-refractivity contribution in [3.8, 4) is 0 Å². The van der Waals surface area contributed by atoms with Crippen LogP contribution < -0.4 is 21.2 Å². The van der Waals surface area contributed by atoms with Crippen molar-refractivity contribution in [2.75, 3.05) is 0 Å². The lowest BCUT2D eigenvalue weighted by Gasteiger charge is -2.17. The third-order valence-corrected chi connectivity index (χ3v) is 6.25. The molecule has 3 aromatic rings. The summed E-state index contributed by atoms with van der Waals surface area (Å²) < 4.78 is 4.51. The molecule has 22 heavy (non-hydrogen) atoms. The molecule has 0 atom stereocenters. The van der Waals surface area contributed by atoms with Crippen molar-refractivity contribution in [3.05, 3.63) is 67.9 Å². The van der Waals surface area contributed by atoms with Crippen molar-refractivity contribution in [3.63, 3.8) is 0 Å². The highest BCUT2D eigenvalue weighted by atomic mass is 127. The second kappa shape index (κ2) is 5.88. The zero-order valence-corrected chi connectivity index (χ0v) is 15.2. The quantitative estimate of drug-likeness (QED) is 0.593. The molecule has 0 bridgehead atoms. The van der Waals surface area contributed by atoms with Gasteiger partial charge in [0.05, 0.1) is 17.1 Å². The molecule has 0 saturated carbocycles. The van der Waals surface area contributed by atoms with E-state index in [1.807, 2.05) is 49.6 Å². The summed E-state index contributed by atoms with van der Waals surface area (Å²) in [7, 11) is 0. The van der Waals surface area contributed by atoms with Gasteiger partial charge in [0.1, 0.15) is 0 Å². The highest BCUT2D eigenvalue weighted by molar-refractivity contribution is 5.94. The van der Waals surface area contributed by atoms with Gasteiger partial charge in [-0.2, -0.15) is 0 Å². The van der Waals surface area contributed by atoms with Crippen molar-refractivity contribution in [2.45, 2.75) is 20.8 Å². The first-order valence-electron chi connectivity index (χ1n) is 7.31. The smallest absolute Gasteiger partial charge is 0.282 e. The zero-order chi connectivity index (χ0) is 15.7. The van der Waals surface area contributed by atoms with Gasteiger partial charge in [-0.15, -0.1) is 0 Å². The summed E-state index contributed by atoms with van der Waals surface area (Å²) in [5, 5.41) is 1.21. The maximum Gasteiger partial charge on any atom is 0.360 e. The second-order valence-electron chi connectivity index (χ2n) is 6.31. The molecule has 3 rings (SSSR count). The summed E-state index contributed by atoms with van der Waals surface area (Å²) in [5.41, 5.74) is 0.637. The van der Waals surface area contributed by atoms with Crippen LogP contribution in [-0.4, -0.2) is 10.5 Å². The average Bonchev–Trinajstić information content (AvgIpc) is 2.85. The van der Waals surface area contributed by atoms with Gasteiger partial charge in [0.2, 0.25) is 9.48 Å². The highest BCUT2D eigenvalue weighted by Crippen LogP contribution is 2.22. The highest BCUT2D eigenvalue weighted by Gasteiger charge is 2.29. The van der Waals surface area contributed by atoms with Crippen molar-refractivity contribution in [1.29, 1.82) is 0 Å². The Hall–Kier alpha value is -1.62. The fourth-order valence-electron chi connectivity index (χ4n) is 2.34. The lowest BCUT2D eigenvalue weighted by molar-refractivity contribution is -0.595. The Labute approximate surface area is 141 Å². The molecular formula is C19H19INO+. The average molecular weight is 404 g/mol. The largest absolute Gasteiger partial charge is 0.360 e. The number of benzene rings is 2. The Balaban J connectivity index is 2.10. The van der Waals surface area contributed by atoms with Gasteiger partial charge >= 0.3 is 21.2 Å². The summed E-state index contributed by atoms with van der Waals surface area (Å²) in [6.07, 6.45) is 2.05. The number of carbonyl (C=O) groups excluding carboxylic acids is 1. The van der Waals surface area contributed by atoms with E-state index in [4.69, 9.17) is 0 Å². The summed E-state index contributed by atoms with van der Waals surface area (Å²) in [5.74, 6) is 0.145. The Kier molecular flexibility index (Phi) is 4.08. The van der Waals surface area contributed by atoms with Crippen LogP contribution in [0.25, 0.3) is 10.9 Å². The van der Waals surface area contributed by atoms with Gasteiger partial charge in [-0.1, -0.05) is 51.1 Å². The van der Waals surface area contributed by atoms with Gasteiger partial charge in [-0.3, -0.25) is 9.36 Å². The van der Waals surface area contributed by atoms with Crippen LogP contribution in [0.4, 0.5) is 0 Å². The monoisotopic (exact) mass is 404 g/mol. The van der Waals surface area contributed by atoms with Crippen molar-refractivity contribution in [1.82, 2.24) is 4.57 Å². The number of nitrogens with zero attached hydrogens (tertiary/aromatic N) is 1. The fourth-order valence-corrected chi connectivity index (χ4v) is 4.95. The summed E-state index contributed by atoms with van der Waals surface area (Å²) in [6, 6.07) is 18.8. The van der Waals surface area contributed by atoms with E-state index in [0.29, 0.717) is 0 Å². The molecule has 0 spiro atoms. The molecule has 0 amide bonds. The lowest BCUT2D eigenvalue weighted by atomic mass is 9.95. The first kappa shape index (κ1) is 15.3. The van der Waals surface area contributed by atoms with Gasteiger partial charge in [-0.05, 0) is 24.3 Å². The van der Waals surface area contributed by atoms with Crippen LogP contribution >= 0.6 is 0 Å². The molecule has 0 aliphatic heterocycles. The Morgan fingerprint density at radius 2 is 1.59 bits per heavy atom. The van der Waals surface area contributed by atoms with E-state index in [0.717, 1.165) is 5.52 Å². The molecule has 0 saturated heterocycles. The van der Waals surface area contributed by atoms with E-state index in [2.05, 4.69) is 36.5 Å². The standard InChI is InChI=1S/C19H19INO/c1-19(2,3)18(22)21-13-16(15-11-7-8-12-17(15)21)20-14-9-5-4-6-10-14/h4-13H,1-3H3/q+1. The second-order valence-corrected chi connectivity index (χ2v) is 9.26. The van der Waals surface area contributed by atoms with E-state index in [1.165, 1.54) is 12.5 Å². The molecule has 0 unspecified atom stereocenters. The summed E-state index contributed by atoms with van der Waals surface area (Å²) in [4.78, 5) is 12.7. The molecule has 0 radical (unpaired) electrons. The number of hydrogen-bond acceptors (Lipinski definition) is 1. The third-order valence-electron chi connectivity index (χ3n) is 3.47. The molecule has 0 N–H and O–H groups in total. The Morgan fingerprint density at radius 1 is 0.955 bits per heavy atom. The summed E-state index contributed by atoms with van der Waals surface area (Å²) in [6.45, 7) is 5.90. The molecular weight excluding hydrogens is 385 g/mol. The van der Waals surface area contributed by atoms with Crippen LogP contribution in [0.3, 0.4) is 0 Å². The topological polar surface area (TPSA) is 22.0 Å². The van der Waals surface area contributed by atoms with E-state index >= 15 is 0 Å². The van der Waals surface area contributed by atoms with E-state index in [-0.39, 0.29) is 32.5 Å². The minimum Gasteiger partial charge on any atom is -0.282 e. The van der Waals surface area contributed by atoms with Crippen LogP contribution in [0.5, 0.6) is 0 Å². The molecule has 0 aliphatic rings. The predicted octanol–water partition coefficient (Wildman–Crippen LogP) is 1.46. The molecule has 3 heteroatoms. The van der Waals surface area contributed by atoms with E-state index in [9.17, 15) is 4.79 Å². The summed E-state index contributed by atoms with van der Waals surface area (Å²) >= 11 is -0.288. The van der Waals surface area contributed by atoms with Crippen LogP contribution in [0.1, 0.15) is 25.6 Å². The molecule has 0 aliphatic carbocycles. The molecule has 2 aromatic carbocycles. The predicted molar refractivity (Wildman–Crippen MR) is 85.9 cm³/mol. The Morgan fingerprint density at radius 3 is 2.27 bits per heavy atom. The number of carbonyl (C=O) groups is 1. The van der Waals surface area contributed by atoms with Gasteiger partial charge < -0.3 is 0 Å². The molecule has 2 nitrogen and oxygen atoms in total. The maximum atomic E-state index is 12.7. The third kappa shape index (κ3) is 2.95. The van der Waals surface area contributed by atoms with Crippen LogP contribution in [0.2, 0.25) is 0 Å². The zero-order valence-electron chi connectivity index (χ0n) is 13.0. The van der Waals surface area contributed by atoms with Crippen molar-refractivity contribution in [2.24, 2.45) is 5.41 Å². The van der Waals surface area contributed by atoms with E-state index < -0.39 is 0 Å². The van der Waals surface area contributed by atoms with Gasteiger partial charge in [0.25, 0.3) is 0 Å². The van der Waals surface area contributed by atoms with Crippen molar-refractivity contribution < 1.29 is 26.0 Å². The van der Waals surface area contributed by atoms with Gasteiger partial charge in [0, 0.05) is 5.41 Å². The molecule has 1 heterocycles. The number of halogens is 1. The number of fused-ring (bicyclic) bond motifs is 1. The minimum atomic E-state index is -0.385.